The molecule has 0 unspecified atom stereocenters. The van der Waals surface area contributed by atoms with Gasteiger partial charge in [-0.25, -0.2) is 17.8 Å². The summed E-state index contributed by atoms with van der Waals surface area (Å²) in [5, 5.41) is 0.619. The van der Waals surface area contributed by atoms with E-state index in [0.29, 0.717) is 15.8 Å². The molecule has 1 aromatic carbocycles. The molecular formula is C23H21FN2O4S2. The van der Waals surface area contributed by atoms with E-state index in [-0.39, 0.29) is 22.9 Å². The maximum atomic E-state index is 14.1. The third kappa shape index (κ3) is 3.93. The van der Waals surface area contributed by atoms with Gasteiger partial charge in [0, 0.05) is 39.0 Å². The van der Waals surface area contributed by atoms with Gasteiger partial charge in [0.2, 0.25) is 9.84 Å². The lowest BCUT2D eigenvalue weighted by Crippen LogP contribution is -2.12. The van der Waals surface area contributed by atoms with Gasteiger partial charge < -0.3 is 9.30 Å². The fraction of sp³-hybridized carbons (Fsp3) is 0.217. The van der Waals surface area contributed by atoms with Crippen LogP contribution in [0.4, 0.5) is 4.39 Å². The number of thiophene rings is 1. The molecule has 0 fully saturated rings. The number of ether oxygens (including phenoxy) is 1. The highest BCUT2D eigenvalue weighted by atomic mass is 32.2. The first kappa shape index (κ1) is 22.2. The van der Waals surface area contributed by atoms with Gasteiger partial charge >= 0.3 is 5.97 Å². The average Bonchev–Trinajstić information content (AvgIpc) is 3.27. The Labute approximate surface area is 189 Å². The second kappa shape index (κ2) is 8.48. The Morgan fingerprint density at radius 3 is 2.66 bits per heavy atom. The van der Waals surface area contributed by atoms with Gasteiger partial charge in [0.1, 0.15) is 12.4 Å². The number of nitrogens with zero attached hydrogens (tertiary/aromatic N) is 2. The SMILES string of the molecule is COC(=O)Cn1c(C)c(Cc2sc(C)cc2S(=O)(=O)c2ccccn2)c2cc(F)ccc21. The predicted octanol–water partition coefficient (Wildman–Crippen LogP) is 4.45. The van der Waals surface area contributed by atoms with Crippen LogP contribution in [0.2, 0.25) is 0 Å². The topological polar surface area (TPSA) is 78.3 Å². The van der Waals surface area contributed by atoms with Gasteiger partial charge in [0.15, 0.2) is 5.03 Å². The Kier molecular flexibility index (Phi) is 5.87. The van der Waals surface area contributed by atoms with E-state index in [0.717, 1.165) is 16.1 Å². The summed E-state index contributed by atoms with van der Waals surface area (Å²) in [4.78, 5) is 17.7. The van der Waals surface area contributed by atoms with Crippen molar-refractivity contribution in [2.45, 2.75) is 36.7 Å². The minimum atomic E-state index is -3.82. The van der Waals surface area contributed by atoms with Crippen molar-refractivity contribution in [2.75, 3.05) is 7.11 Å². The van der Waals surface area contributed by atoms with Crippen molar-refractivity contribution in [2.24, 2.45) is 0 Å². The van der Waals surface area contributed by atoms with Crippen LogP contribution in [0.25, 0.3) is 10.9 Å². The number of hydrogen-bond acceptors (Lipinski definition) is 6. The van der Waals surface area contributed by atoms with Crippen LogP contribution in [0.5, 0.6) is 0 Å². The molecule has 0 atom stereocenters. The van der Waals surface area contributed by atoms with Crippen LogP contribution in [-0.4, -0.2) is 31.0 Å². The quantitative estimate of drug-likeness (QED) is 0.388. The monoisotopic (exact) mass is 472 g/mol. The number of aryl methyl sites for hydroxylation is 1. The lowest BCUT2D eigenvalue weighted by atomic mass is 10.1. The molecule has 3 aromatic heterocycles. The molecule has 4 aromatic rings. The van der Waals surface area contributed by atoms with E-state index in [1.165, 1.54) is 42.8 Å². The van der Waals surface area contributed by atoms with E-state index in [2.05, 4.69) is 4.98 Å². The first-order valence-electron chi connectivity index (χ1n) is 9.82. The second-order valence-electron chi connectivity index (χ2n) is 7.38. The molecule has 0 spiro atoms. The summed E-state index contributed by atoms with van der Waals surface area (Å²) in [6.07, 6.45) is 1.72. The van der Waals surface area contributed by atoms with Crippen molar-refractivity contribution in [3.63, 3.8) is 0 Å². The predicted molar refractivity (Wildman–Crippen MR) is 120 cm³/mol. The number of esters is 1. The molecule has 0 aliphatic rings. The van der Waals surface area contributed by atoms with Crippen LogP contribution in [-0.2, 0) is 32.3 Å². The highest BCUT2D eigenvalue weighted by Crippen LogP contribution is 2.35. The summed E-state index contributed by atoms with van der Waals surface area (Å²) in [7, 11) is -2.50. The lowest BCUT2D eigenvalue weighted by Gasteiger charge is -2.08. The number of fused-ring (bicyclic) bond motifs is 1. The Bertz CT molecular complexity index is 1420. The minimum Gasteiger partial charge on any atom is -0.468 e. The lowest BCUT2D eigenvalue weighted by molar-refractivity contribution is -0.141. The Balaban J connectivity index is 1.86. The smallest absolute Gasteiger partial charge is 0.325 e. The molecule has 0 N–H and O–H groups in total. The number of pyridine rings is 1. The van der Waals surface area contributed by atoms with Gasteiger partial charge in [-0.05, 0) is 55.8 Å². The van der Waals surface area contributed by atoms with Crippen LogP contribution in [0.15, 0.2) is 58.6 Å². The van der Waals surface area contributed by atoms with E-state index in [1.54, 1.807) is 28.8 Å². The number of aromatic nitrogens is 2. The highest BCUT2D eigenvalue weighted by molar-refractivity contribution is 7.91. The molecule has 3 heterocycles. The van der Waals surface area contributed by atoms with E-state index < -0.39 is 21.6 Å². The van der Waals surface area contributed by atoms with E-state index >= 15 is 0 Å². The van der Waals surface area contributed by atoms with Crippen molar-refractivity contribution in [3.8, 4) is 0 Å². The fourth-order valence-electron chi connectivity index (χ4n) is 3.81. The van der Waals surface area contributed by atoms with Gasteiger partial charge in [-0.1, -0.05) is 6.07 Å². The zero-order valence-corrected chi connectivity index (χ0v) is 19.4. The summed E-state index contributed by atoms with van der Waals surface area (Å²) in [6, 6.07) is 10.8. The van der Waals surface area contributed by atoms with Gasteiger partial charge in [-0.3, -0.25) is 4.79 Å². The summed E-state index contributed by atoms with van der Waals surface area (Å²) < 4.78 is 47.2. The molecule has 0 bridgehead atoms. The van der Waals surface area contributed by atoms with Crippen molar-refractivity contribution in [1.29, 1.82) is 0 Å². The highest BCUT2D eigenvalue weighted by Gasteiger charge is 2.26. The van der Waals surface area contributed by atoms with E-state index in [4.69, 9.17) is 4.74 Å². The molecular weight excluding hydrogens is 451 g/mol. The Hall–Kier alpha value is -3.04. The first-order valence-corrected chi connectivity index (χ1v) is 12.1. The van der Waals surface area contributed by atoms with Crippen LogP contribution in [0.3, 0.4) is 0 Å². The van der Waals surface area contributed by atoms with Gasteiger partial charge in [-0.15, -0.1) is 11.3 Å². The van der Waals surface area contributed by atoms with E-state index in [1.807, 2.05) is 13.8 Å². The second-order valence-corrected chi connectivity index (χ2v) is 10.6. The maximum absolute atomic E-state index is 14.1. The molecule has 0 aliphatic heterocycles. The Morgan fingerprint density at radius 2 is 1.97 bits per heavy atom. The third-order valence-electron chi connectivity index (χ3n) is 5.36. The van der Waals surface area contributed by atoms with Crippen molar-refractivity contribution < 1.29 is 22.3 Å². The summed E-state index contributed by atoms with van der Waals surface area (Å²) in [5.41, 5.74) is 2.21. The number of carbonyl (C=O) groups is 1. The van der Waals surface area contributed by atoms with Crippen LogP contribution in [0.1, 0.15) is 21.0 Å². The van der Waals surface area contributed by atoms with Gasteiger partial charge in [0.05, 0.1) is 12.0 Å². The number of benzene rings is 1. The number of sulfone groups is 1. The minimum absolute atomic E-state index is 0.0186. The number of rotatable bonds is 6. The summed E-state index contributed by atoms with van der Waals surface area (Å²) in [6.45, 7) is 3.66. The van der Waals surface area contributed by atoms with Crippen LogP contribution < -0.4 is 0 Å². The third-order valence-corrected chi connectivity index (χ3v) is 8.28. The van der Waals surface area contributed by atoms with E-state index in [9.17, 15) is 17.6 Å². The molecule has 32 heavy (non-hydrogen) atoms. The van der Waals surface area contributed by atoms with Crippen LogP contribution in [0, 0.1) is 19.7 Å². The molecule has 0 aliphatic carbocycles. The fourth-order valence-corrected chi connectivity index (χ4v) is 6.67. The molecule has 4 rings (SSSR count). The van der Waals surface area contributed by atoms with Crippen molar-refractivity contribution >= 4 is 38.0 Å². The molecule has 0 radical (unpaired) electrons. The van der Waals surface area contributed by atoms with Crippen molar-refractivity contribution in [1.82, 2.24) is 9.55 Å². The van der Waals surface area contributed by atoms with Gasteiger partial charge in [0.25, 0.3) is 0 Å². The number of hydrogen-bond donors (Lipinski definition) is 0. The molecule has 9 heteroatoms. The summed E-state index contributed by atoms with van der Waals surface area (Å²) >= 11 is 1.38. The zero-order valence-electron chi connectivity index (χ0n) is 17.8. The molecule has 6 nitrogen and oxygen atoms in total. The maximum Gasteiger partial charge on any atom is 0.325 e. The molecule has 0 amide bonds. The number of halogens is 1. The standard InChI is InChI=1S/C23H21FN2O4S2/c1-14-10-21(32(28,29)22-6-4-5-9-25-22)20(31-14)12-17-15(2)26(13-23(27)30-3)19-8-7-16(24)11-18(17)19/h4-11H,12-13H2,1-3H3. The summed E-state index contributed by atoms with van der Waals surface area (Å²) in [5.74, 6) is -0.830. The molecule has 0 saturated carbocycles. The van der Waals surface area contributed by atoms with Crippen molar-refractivity contribution in [3.05, 3.63) is 75.5 Å². The Morgan fingerprint density at radius 1 is 1.19 bits per heavy atom. The largest absolute Gasteiger partial charge is 0.468 e. The molecule has 0 saturated heterocycles. The van der Waals surface area contributed by atoms with Gasteiger partial charge in [-0.2, -0.15) is 0 Å². The first-order chi connectivity index (χ1) is 15.2. The number of carbonyl (C=O) groups excluding carboxylic acids is 1. The zero-order chi connectivity index (χ0) is 23.0. The van der Waals surface area contributed by atoms with Crippen LogP contribution >= 0.6 is 11.3 Å². The normalized spacial score (nSPS) is 11.8. The molecule has 166 valence electrons. The number of methoxy groups -OCH3 is 1. The average molecular weight is 473 g/mol.